The van der Waals surface area contributed by atoms with Gasteiger partial charge in [-0.3, -0.25) is 0 Å². The van der Waals surface area contributed by atoms with Gasteiger partial charge in [0.1, 0.15) is 0 Å². The minimum absolute atomic E-state index is 0. The summed E-state index contributed by atoms with van der Waals surface area (Å²) in [5, 5.41) is 15.3. The lowest BCUT2D eigenvalue weighted by atomic mass is 10.1. The van der Waals surface area contributed by atoms with Gasteiger partial charge in [-0.1, -0.05) is 25.5 Å². The SMILES string of the molecule is CCCCOCCCNC(=NCc1ccc(C#N)cc1)NCC.I. The van der Waals surface area contributed by atoms with Gasteiger partial charge in [-0.2, -0.15) is 5.26 Å². The Morgan fingerprint density at radius 2 is 1.83 bits per heavy atom. The highest BCUT2D eigenvalue weighted by molar-refractivity contribution is 14.0. The highest BCUT2D eigenvalue weighted by atomic mass is 127. The molecule has 5 nitrogen and oxygen atoms in total. The fourth-order valence-electron chi connectivity index (χ4n) is 1.93. The van der Waals surface area contributed by atoms with Crippen LogP contribution in [0, 0.1) is 11.3 Å². The van der Waals surface area contributed by atoms with Crippen molar-refractivity contribution in [1.29, 1.82) is 5.26 Å². The molecule has 0 aromatic heterocycles. The number of nitrogens with zero attached hydrogens (tertiary/aromatic N) is 2. The number of nitrogens with one attached hydrogen (secondary N) is 2. The topological polar surface area (TPSA) is 69.4 Å². The zero-order chi connectivity index (χ0) is 16.8. The molecule has 1 aromatic carbocycles. The van der Waals surface area contributed by atoms with Crippen molar-refractivity contribution in [2.24, 2.45) is 4.99 Å². The summed E-state index contributed by atoms with van der Waals surface area (Å²) in [6.07, 6.45) is 3.26. The summed E-state index contributed by atoms with van der Waals surface area (Å²) in [5.74, 6) is 0.811. The first kappa shape index (κ1) is 22.7. The van der Waals surface area contributed by atoms with E-state index in [-0.39, 0.29) is 24.0 Å². The quantitative estimate of drug-likeness (QED) is 0.251. The zero-order valence-electron chi connectivity index (χ0n) is 14.7. The van der Waals surface area contributed by atoms with E-state index in [4.69, 9.17) is 10.00 Å². The summed E-state index contributed by atoms with van der Waals surface area (Å²) in [6, 6.07) is 9.63. The second-order valence-corrected chi connectivity index (χ2v) is 5.25. The van der Waals surface area contributed by atoms with Gasteiger partial charge >= 0.3 is 0 Å². The van der Waals surface area contributed by atoms with Gasteiger partial charge in [0, 0.05) is 26.3 Å². The van der Waals surface area contributed by atoms with E-state index in [1.54, 1.807) is 0 Å². The Bertz CT molecular complexity index is 497. The van der Waals surface area contributed by atoms with E-state index in [1.165, 1.54) is 6.42 Å². The summed E-state index contributed by atoms with van der Waals surface area (Å²) >= 11 is 0. The molecule has 1 rings (SSSR count). The van der Waals surface area contributed by atoms with Gasteiger partial charge < -0.3 is 15.4 Å². The average molecular weight is 444 g/mol. The Hall–Kier alpha value is -1.33. The first-order chi connectivity index (χ1) is 11.3. The Morgan fingerprint density at radius 3 is 2.46 bits per heavy atom. The molecule has 0 radical (unpaired) electrons. The number of ether oxygens (including phenoxy) is 1. The van der Waals surface area contributed by atoms with Crippen LogP contribution in [0.4, 0.5) is 0 Å². The van der Waals surface area contributed by atoms with Crippen molar-refractivity contribution in [3.05, 3.63) is 35.4 Å². The van der Waals surface area contributed by atoms with Crippen LogP contribution in [0.15, 0.2) is 29.3 Å². The van der Waals surface area contributed by atoms with Crippen molar-refractivity contribution in [3.8, 4) is 6.07 Å². The smallest absolute Gasteiger partial charge is 0.191 e. The lowest BCUT2D eigenvalue weighted by Crippen LogP contribution is -2.38. The van der Waals surface area contributed by atoms with E-state index in [2.05, 4.69) is 28.6 Å². The zero-order valence-corrected chi connectivity index (χ0v) is 17.0. The molecule has 6 heteroatoms. The van der Waals surface area contributed by atoms with Crippen LogP contribution in [0.1, 0.15) is 44.2 Å². The molecule has 0 atom stereocenters. The summed E-state index contributed by atoms with van der Waals surface area (Å²) in [5.41, 5.74) is 1.76. The van der Waals surface area contributed by atoms with Crippen LogP contribution in [0.5, 0.6) is 0 Å². The lowest BCUT2D eigenvalue weighted by Gasteiger charge is -2.11. The predicted molar refractivity (Wildman–Crippen MR) is 110 cm³/mol. The Morgan fingerprint density at radius 1 is 1.12 bits per heavy atom. The Labute approximate surface area is 162 Å². The second-order valence-electron chi connectivity index (χ2n) is 5.25. The molecule has 0 bridgehead atoms. The van der Waals surface area contributed by atoms with Gasteiger partial charge in [-0.05, 0) is 37.5 Å². The molecule has 0 aliphatic carbocycles. The van der Waals surface area contributed by atoms with E-state index in [1.807, 2.05) is 31.2 Å². The van der Waals surface area contributed by atoms with Crippen LogP contribution in [-0.2, 0) is 11.3 Å². The third-order valence-corrected chi connectivity index (χ3v) is 3.25. The molecular formula is C18H29IN4O. The maximum Gasteiger partial charge on any atom is 0.191 e. The number of nitriles is 1. The average Bonchev–Trinajstić information content (AvgIpc) is 2.59. The number of rotatable bonds is 10. The van der Waals surface area contributed by atoms with Gasteiger partial charge in [-0.25, -0.2) is 4.99 Å². The fourth-order valence-corrected chi connectivity index (χ4v) is 1.93. The summed E-state index contributed by atoms with van der Waals surface area (Å²) in [6.45, 7) is 8.10. The van der Waals surface area contributed by atoms with Crippen molar-refractivity contribution in [3.63, 3.8) is 0 Å². The van der Waals surface area contributed by atoms with Crippen LogP contribution in [0.2, 0.25) is 0 Å². The van der Waals surface area contributed by atoms with Crippen LogP contribution < -0.4 is 10.6 Å². The van der Waals surface area contributed by atoms with Crippen LogP contribution in [-0.4, -0.2) is 32.3 Å². The van der Waals surface area contributed by atoms with Gasteiger partial charge in [0.15, 0.2) is 5.96 Å². The standard InChI is InChI=1S/C18H28N4O.HI/c1-3-5-12-23-13-6-11-21-18(20-4-2)22-15-17-9-7-16(14-19)8-10-17;/h7-10H,3-6,11-13,15H2,1-2H3,(H2,20,21,22);1H. The maximum atomic E-state index is 8.80. The number of hydrogen-bond donors (Lipinski definition) is 2. The van der Waals surface area contributed by atoms with Crippen molar-refractivity contribution in [2.75, 3.05) is 26.3 Å². The molecule has 2 N–H and O–H groups in total. The molecule has 0 spiro atoms. The number of halogens is 1. The summed E-state index contributed by atoms with van der Waals surface area (Å²) in [4.78, 5) is 4.56. The number of hydrogen-bond acceptors (Lipinski definition) is 3. The first-order valence-electron chi connectivity index (χ1n) is 8.39. The second kappa shape index (κ2) is 15.2. The third kappa shape index (κ3) is 10.4. The number of benzene rings is 1. The first-order valence-corrected chi connectivity index (χ1v) is 8.39. The van der Waals surface area contributed by atoms with Crippen molar-refractivity contribution >= 4 is 29.9 Å². The number of guanidine groups is 1. The van der Waals surface area contributed by atoms with Crippen LogP contribution >= 0.6 is 24.0 Å². The van der Waals surface area contributed by atoms with E-state index in [0.717, 1.165) is 50.7 Å². The van der Waals surface area contributed by atoms with Crippen LogP contribution in [0.25, 0.3) is 0 Å². The summed E-state index contributed by atoms with van der Waals surface area (Å²) in [7, 11) is 0. The molecular weight excluding hydrogens is 415 g/mol. The maximum absolute atomic E-state index is 8.80. The molecule has 0 fully saturated rings. The highest BCUT2D eigenvalue weighted by Gasteiger charge is 1.98. The van der Waals surface area contributed by atoms with Crippen molar-refractivity contribution < 1.29 is 4.74 Å². The van der Waals surface area contributed by atoms with E-state index in [0.29, 0.717) is 12.1 Å². The monoisotopic (exact) mass is 444 g/mol. The minimum Gasteiger partial charge on any atom is -0.381 e. The fraction of sp³-hybridized carbons (Fsp3) is 0.556. The van der Waals surface area contributed by atoms with Gasteiger partial charge in [-0.15, -0.1) is 24.0 Å². The van der Waals surface area contributed by atoms with Crippen LogP contribution in [0.3, 0.4) is 0 Å². The molecule has 24 heavy (non-hydrogen) atoms. The molecule has 0 saturated carbocycles. The molecule has 0 heterocycles. The molecule has 0 aliphatic rings. The largest absolute Gasteiger partial charge is 0.381 e. The van der Waals surface area contributed by atoms with Gasteiger partial charge in [0.05, 0.1) is 18.2 Å². The molecule has 0 saturated heterocycles. The van der Waals surface area contributed by atoms with Gasteiger partial charge in [0.2, 0.25) is 0 Å². The molecule has 1 aromatic rings. The van der Waals surface area contributed by atoms with Crippen molar-refractivity contribution in [1.82, 2.24) is 10.6 Å². The van der Waals surface area contributed by atoms with E-state index in [9.17, 15) is 0 Å². The highest BCUT2D eigenvalue weighted by Crippen LogP contribution is 2.04. The van der Waals surface area contributed by atoms with Crippen molar-refractivity contribution in [2.45, 2.75) is 39.7 Å². The molecule has 0 aliphatic heterocycles. The summed E-state index contributed by atoms with van der Waals surface area (Å²) < 4.78 is 5.54. The molecule has 0 unspecified atom stereocenters. The molecule has 0 amide bonds. The predicted octanol–water partition coefficient (Wildman–Crippen LogP) is 3.44. The Kier molecular flexibility index (Phi) is 14.4. The van der Waals surface area contributed by atoms with Gasteiger partial charge in [0.25, 0.3) is 0 Å². The number of unbranched alkanes of at least 4 members (excludes halogenated alkanes) is 1. The minimum atomic E-state index is 0. The normalized spacial score (nSPS) is 10.6. The number of aliphatic imine (C=N–C) groups is 1. The Balaban J connectivity index is 0.00000529. The van der Waals surface area contributed by atoms with E-state index < -0.39 is 0 Å². The third-order valence-electron chi connectivity index (χ3n) is 3.25. The van der Waals surface area contributed by atoms with E-state index >= 15 is 0 Å². The molecule has 134 valence electrons. The lowest BCUT2D eigenvalue weighted by molar-refractivity contribution is 0.129.